The molecule has 6 heteroatoms. The summed E-state index contributed by atoms with van der Waals surface area (Å²) < 4.78 is 11.8. The average Bonchev–Trinajstić information content (AvgIpc) is 3.20. The van der Waals surface area contributed by atoms with Crippen LogP contribution >= 0.6 is 0 Å². The Morgan fingerprint density at radius 2 is 1.80 bits per heavy atom. The van der Waals surface area contributed by atoms with Gasteiger partial charge < -0.3 is 19.9 Å². The van der Waals surface area contributed by atoms with Crippen LogP contribution in [0.25, 0.3) is 0 Å². The summed E-state index contributed by atoms with van der Waals surface area (Å²) in [6.07, 6.45) is 0.561. The molecule has 4 rings (SSSR count). The lowest BCUT2D eigenvalue weighted by atomic mass is 9.86. The Morgan fingerprint density at radius 1 is 1.06 bits per heavy atom. The number of carbonyl (C=O) groups is 1. The molecule has 0 saturated heterocycles. The maximum absolute atomic E-state index is 13.7. The fraction of sp³-hybridized carbons (Fsp3) is 0.310. The van der Waals surface area contributed by atoms with Crippen molar-refractivity contribution in [2.45, 2.75) is 44.9 Å². The highest BCUT2D eigenvalue weighted by atomic mass is 16.5. The largest absolute Gasteiger partial charge is 0.494 e. The number of nitrogens with zero attached hydrogens (tertiary/aromatic N) is 1. The van der Waals surface area contributed by atoms with Gasteiger partial charge in [-0.15, -0.1) is 0 Å². The Hall–Kier alpha value is -3.64. The molecule has 1 aliphatic heterocycles. The number of hydrogen-bond donors (Lipinski definition) is 2. The highest BCUT2D eigenvalue weighted by Crippen LogP contribution is 2.33. The Balaban J connectivity index is 1.59. The monoisotopic (exact) mass is 472 g/mol. The zero-order valence-electron chi connectivity index (χ0n) is 20.2. The second-order valence-corrected chi connectivity index (χ2v) is 8.89. The Bertz CT molecular complexity index is 1160. The number of aliphatic hydroxyl groups excluding tert-OH is 1. The van der Waals surface area contributed by atoms with E-state index in [0.717, 1.165) is 22.3 Å². The molecule has 0 radical (unpaired) electrons. The molecule has 1 heterocycles. The predicted molar refractivity (Wildman–Crippen MR) is 137 cm³/mol. The highest BCUT2D eigenvalue weighted by molar-refractivity contribution is 6.00. The smallest absolute Gasteiger partial charge is 0.252 e. The molecule has 0 bridgehead atoms. The average molecular weight is 473 g/mol. The van der Waals surface area contributed by atoms with Crippen LogP contribution in [0.3, 0.4) is 0 Å². The van der Waals surface area contributed by atoms with E-state index in [1.807, 2.05) is 86.6 Å². The van der Waals surface area contributed by atoms with E-state index in [0.29, 0.717) is 37.6 Å². The third kappa shape index (κ3) is 5.89. The molecule has 1 amide bonds. The summed E-state index contributed by atoms with van der Waals surface area (Å²) in [6.45, 7) is 4.91. The summed E-state index contributed by atoms with van der Waals surface area (Å²) >= 11 is 0. The van der Waals surface area contributed by atoms with Gasteiger partial charge in [0.25, 0.3) is 5.91 Å². The normalized spacial score (nSPS) is 19.1. The number of rotatable bonds is 10. The molecule has 0 saturated carbocycles. The molecular weight excluding hydrogens is 440 g/mol. The van der Waals surface area contributed by atoms with Crippen LogP contribution in [0.1, 0.15) is 35.6 Å². The van der Waals surface area contributed by atoms with E-state index in [9.17, 15) is 4.79 Å². The lowest BCUT2D eigenvalue weighted by Gasteiger charge is -2.28. The molecule has 0 aliphatic carbocycles. The van der Waals surface area contributed by atoms with Crippen LogP contribution in [-0.2, 0) is 22.5 Å². The van der Waals surface area contributed by atoms with Crippen molar-refractivity contribution in [2.24, 2.45) is 4.99 Å². The summed E-state index contributed by atoms with van der Waals surface area (Å²) in [5, 5.41) is 12.0. The number of aliphatic hydroxyl groups is 1. The first-order valence-corrected chi connectivity index (χ1v) is 12.0. The first-order valence-electron chi connectivity index (χ1n) is 12.0. The van der Waals surface area contributed by atoms with E-state index in [-0.39, 0.29) is 12.5 Å². The summed E-state index contributed by atoms with van der Waals surface area (Å²) in [5.41, 5.74) is 2.91. The maximum Gasteiger partial charge on any atom is 0.252 e. The SMILES string of the molecule is Cc1cccc(CNC(=O)[C@]2(Cc3ccccc3)N=C(c3ccc(OCCCO)cc3)O[C@@H]2C)c1. The number of aryl methyl sites for hydroxylation is 1. The van der Waals surface area contributed by atoms with Gasteiger partial charge in [0.2, 0.25) is 5.90 Å². The Labute approximate surface area is 206 Å². The zero-order valence-corrected chi connectivity index (χ0v) is 20.2. The third-order valence-corrected chi connectivity index (χ3v) is 6.18. The van der Waals surface area contributed by atoms with Crippen LogP contribution in [0.5, 0.6) is 5.75 Å². The van der Waals surface area contributed by atoms with Gasteiger partial charge in [0, 0.05) is 31.6 Å². The lowest BCUT2D eigenvalue weighted by molar-refractivity contribution is -0.128. The number of ether oxygens (including phenoxy) is 2. The van der Waals surface area contributed by atoms with Gasteiger partial charge in [-0.25, -0.2) is 4.99 Å². The van der Waals surface area contributed by atoms with E-state index in [4.69, 9.17) is 19.6 Å². The number of hydrogen-bond acceptors (Lipinski definition) is 5. The molecule has 35 heavy (non-hydrogen) atoms. The molecule has 3 aromatic carbocycles. The van der Waals surface area contributed by atoms with Crippen molar-refractivity contribution >= 4 is 11.8 Å². The minimum atomic E-state index is -1.09. The quantitative estimate of drug-likeness (QED) is 0.433. The van der Waals surface area contributed by atoms with Crippen LogP contribution in [0.4, 0.5) is 0 Å². The van der Waals surface area contributed by atoms with Crippen molar-refractivity contribution in [1.82, 2.24) is 5.32 Å². The second kappa shape index (κ2) is 11.2. The van der Waals surface area contributed by atoms with Crippen molar-refractivity contribution in [3.63, 3.8) is 0 Å². The minimum Gasteiger partial charge on any atom is -0.494 e. The van der Waals surface area contributed by atoms with Gasteiger partial charge in [-0.1, -0.05) is 60.2 Å². The first kappa shape index (κ1) is 24.5. The van der Waals surface area contributed by atoms with Crippen LogP contribution in [0.2, 0.25) is 0 Å². The summed E-state index contributed by atoms with van der Waals surface area (Å²) in [4.78, 5) is 18.6. The fourth-order valence-electron chi connectivity index (χ4n) is 4.21. The molecule has 2 N–H and O–H groups in total. The van der Waals surface area contributed by atoms with Gasteiger partial charge in [-0.2, -0.15) is 0 Å². The molecule has 3 aromatic rings. The van der Waals surface area contributed by atoms with Gasteiger partial charge in [0.15, 0.2) is 5.54 Å². The summed E-state index contributed by atoms with van der Waals surface area (Å²) in [7, 11) is 0. The molecule has 0 spiro atoms. The lowest BCUT2D eigenvalue weighted by Crippen LogP contribution is -2.52. The van der Waals surface area contributed by atoms with Gasteiger partial charge in [0.05, 0.1) is 6.61 Å². The van der Waals surface area contributed by atoms with E-state index in [1.165, 1.54) is 0 Å². The Morgan fingerprint density at radius 3 is 2.51 bits per heavy atom. The van der Waals surface area contributed by atoms with Crippen molar-refractivity contribution in [1.29, 1.82) is 0 Å². The molecular formula is C29H32N2O4. The van der Waals surface area contributed by atoms with E-state index < -0.39 is 11.6 Å². The van der Waals surface area contributed by atoms with E-state index >= 15 is 0 Å². The number of carbonyl (C=O) groups excluding carboxylic acids is 1. The van der Waals surface area contributed by atoms with Crippen LogP contribution < -0.4 is 10.1 Å². The van der Waals surface area contributed by atoms with Gasteiger partial charge in [-0.3, -0.25) is 4.79 Å². The zero-order chi connectivity index (χ0) is 24.7. The second-order valence-electron chi connectivity index (χ2n) is 8.89. The first-order chi connectivity index (χ1) is 17.0. The highest BCUT2D eigenvalue weighted by Gasteiger charge is 2.50. The fourth-order valence-corrected chi connectivity index (χ4v) is 4.21. The number of amides is 1. The van der Waals surface area contributed by atoms with Crippen molar-refractivity contribution in [3.05, 3.63) is 101 Å². The van der Waals surface area contributed by atoms with E-state index in [1.54, 1.807) is 0 Å². The van der Waals surface area contributed by atoms with E-state index in [2.05, 4.69) is 11.4 Å². The molecule has 0 unspecified atom stereocenters. The predicted octanol–water partition coefficient (Wildman–Crippen LogP) is 4.22. The topological polar surface area (TPSA) is 80.2 Å². The molecule has 0 aromatic heterocycles. The molecule has 1 aliphatic rings. The van der Waals surface area contributed by atoms with Crippen LogP contribution in [0, 0.1) is 6.92 Å². The third-order valence-electron chi connectivity index (χ3n) is 6.18. The molecule has 182 valence electrons. The number of nitrogens with one attached hydrogen (secondary N) is 1. The minimum absolute atomic E-state index is 0.0933. The number of aliphatic imine (C=N–C) groups is 1. The van der Waals surface area contributed by atoms with Gasteiger partial charge in [-0.05, 0) is 49.2 Å². The molecule has 2 atom stereocenters. The van der Waals surface area contributed by atoms with Crippen molar-refractivity contribution in [3.8, 4) is 5.75 Å². The maximum atomic E-state index is 13.7. The Kier molecular flexibility index (Phi) is 7.83. The van der Waals surface area contributed by atoms with Gasteiger partial charge in [0.1, 0.15) is 11.9 Å². The molecule has 0 fully saturated rings. The van der Waals surface area contributed by atoms with Crippen molar-refractivity contribution < 1.29 is 19.4 Å². The van der Waals surface area contributed by atoms with Crippen molar-refractivity contribution in [2.75, 3.05) is 13.2 Å². The van der Waals surface area contributed by atoms with Crippen LogP contribution in [0.15, 0.2) is 83.9 Å². The van der Waals surface area contributed by atoms with Gasteiger partial charge >= 0.3 is 0 Å². The van der Waals surface area contributed by atoms with Crippen LogP contribution in [-0.4, -0.2) is 41.8 Å². The summed E-state index contributed by atoms with van der Waals surface area (Å²) in [6, 6.07) is 25.5. The molecule has 6 nitrogen and oxygen atoms in total. The standard InChI is InChI=1S/C29H32N2O4/c1-21-8-6-11-24(18-21)20-30-28(33)29(19-23-9-4-3-5-10-23)22(2)35-27(31-29)25-12-14-26(15-13-25)34-17-7-16-32/h3-6,8-15,18,22,32H,7,16-17,19-20H2,1-2H3,(H,30,33)/t22-,29-/m1/s1. The number of benzene rings is 3. The summed E-state index contributed by atoms with van der Waals surface area (Å²) in [5.74, 6) is 0.996.